The summed E-state index contributed by atoms with van der Waals surface area (Å²) in [5.41, 5.74) is 1.81. The zero-order valence-electron chi connectivity index (χ0n) is 18.1. The Morgan fingerprint density at radius 2 is 1.83 bits per heavy atom. The van der Waals surface area contributed by atoms with Gasteiger partial charge in [0.1, 0.15) is 11.5 Å². The summed E-state index contributed by atoms with van der Waals surface area (Å²) < 4.78 is 35.3. The first-order valence-electron chi connectivity index (χ1n) is 9.75. The van der Waals surface area contributed by atoms with Gasteiger partial charge in [0.05, 0.1) is 25.7 Å². The van der Waals surface area contributed by atoms with Crippen molar-refractivity contribution >= 4 is 15.8 Å². The van der Waals surface area contributed by atoms with E-state index in [0.29, 0.717) is 25.5 Å². The van der Waals surface area contributed by atoms with Gasteiger partial charge in [-0.3, -0.25) is 4.99 Å². The summed E-state index contributed by atoms with van der Waals surface area (Å²) in [7, 11) is 3.72. The molecule has 2 aromatic rings. The molecule has 0 amide bonds. The van der Waals surface area contributed by atoms with E-state index in [-0.39, 0.29) is 11.5 Å². The van der Waals surface area contributed by atoms with Crippen molar-refractivity contribution in [2.24, 2.45) is 4.99 Å². The summed E-state index contributed by atoms with van der Waals surface area (Å²) in [6, 6.07) is 14.9. The van der Waals surface area contributed by atoms with Crippen molar-refractivity contribution < 1.29 is 17.9 Å². The Bertz CT molecular complexity index is 931. The number of nitrogens with zero attached hydrogens (tertiary/aromatic N) is 2. The minimum Gasteiger partial charge on any atom is -0.497 e. The lowest BCUT2D eigenvalue weighted by molar-refractivity contribution is 0.382. The first-order valence-corrected chi connectivity index (χ1v) is 11.6. The van der Waals surface area contributed by atoms with Crippen LogP contribution in [-0.4, -0.2) is 59.9 Å². The lowest BCUT2D eigenvalue weighted by atomic mass is 10.2. The first-order chi connectivity index (χ1) is 14.4. The molecule has 0 aliphatic carbocycles. The van der Waals surface area contributed by atoms with Gasteiger partial charge in [0.25, 0.3) is 0 Å². The molecule has 0 unspecified atom stereocenters. The summed E-state index contributed by atoms with van der Waals surface area (Å²) in [6.45, 7) is 1.10. The van der Waals surface area contributed by atoms with Crippen LogP contribution in [0, 0.1) is 0 Å². The van der Waals surface area contributed by atoms with E-state index in [1.807, 2.05) is 60.5 Å². The molecular weight excluding hydrogens is 402 g/mol. The molecule has 7 nitrogen and oxygen atoms in total. The summed E-state index contributed by atoms with van der Waals surface area (Å²) in [5.74, 6) is 2.36. The zero-order valence-corrected chi connectivity index (χ0v) is 18.9. The largest absolute Gasteiger partial charge is 0.497 e. The van der Waals surface area contributed by atoms with Crippen LogP contribution in [0.2, 0.25) is 0 Å². The van der Waals surface area contributed by atoms with Crippen molar-refractivity contribution in [3.05, 3.63) is 59.7 Å². The zero-order chi connectivity index (χ0) is 22.0. The van der Waals surface area contributed by atoms with Crippen molar-refractivity contribution in [3.63, 3.8) is 0 Å². The van der Waals surface area contributed by atoms with Gasteiger partial charge in [0.15, 0.2) is 15.8 Å². The van der Waals surface area contributed by atoms with E-state index in [1.54, 1.807) is 21.3 Å². The van der Waals surface area contributed by atoms with Gasteiger partial charge in [-0.2, -0.15) is 0 Å². The molecule has 0 aliphatic rings. The van der Waals surface area contributed by atoms with Crippen LogP contribution >= 0.6 is 0 Å². The van der Waals surface area contributed by atoms with Gasteiger partial charge in [0, 0.05) is 38.8 Å². The predicted octanol–water partition coefficient (Wildman–Crippen LogP) is 2.72. The van der Waals surface area contributed by atoms with Crippen molar-refractivity contribution in [2.45, 2.75) is 18.7 Å². The van der Waals surface area contributed by atoms with Crippen molar-refractivity contribution in [2.75, 3.05) is 40.6 Å². The highest BCUT2D eigenvalue weighted by Gasteiger charge is 2.13. The van der Waals surface area contributed by atoms with Crippen LogP contribution in [0.25, 0.3) is 0 Å². The van der Waals surface area contributed by atoms with Crippen molar-refractivity contribution in [1.82, 2.24) is 10.2 Å². The van der Waals surface area contributed by atoms with Crippen LogP contribution in [0.4, 0.5) is 0 Å². The third-order valence-electron chi connectivity index (χ3n) is 4.62. The van der Waals surface area contributed by atoms with Gasteiger partial charge in [-0.05, 0) is 24.1 Å². The normalized spacial score (nSPS) is 11.8. The smallest absolute Gasteiger partial charge is 0.193 e. The van der Waals surface area contributed by atoms with Crippen LogP contribution in [0.3, 0.4) is 0 Å². The van der Waals surface area contributed by atoms with Crippen LogP contribution in [-0.2, 0) is 22.1 Å². The Hall–Kier alpha value is -2.74. The van der Waals surface area contributed by atoms with Gasteiger partial charge >= 0.3 is 0 Å². The van der Waals surface area contributed by atoms with E-state index < -0.39 is 9.84 Å². The van der Waals surface area contributed by atoms with Crippen LogP contribution in [0.15, 0.2) is 53.5 Å². The SMILES string of the molecule is CN=C(NCCCS(=O)(=O)Cc1ccccc1)N(C)Cc1ccc(OC)cc1OC. The van der Waals surface area contributed by atoms with E-state index in [4.69, 9.17) is 9.47 Å². The summed E-state index contributed by atoms with van der Waals surface area (Å²) in [6.07, 6.45) is 0.508. The summed E-state index contributed by atoms with van der Waals surface area (Å²) >= 11 is 0. The molecule has 0 atom stereocenters. The molecule has 0 heterocycles. The Morgan fingerprint density at radius 1 is 1.10 bits per heavy atom. The number of aliphatic imine (C=N–C) groups is 1. The second-order valence-corrected chi connectivity index (χ2v) is 9.12. The maximum atomic E-state index is 12.3. The Kier molecular flexibility index (Phi) is 8.98. The average Bonchev–Trinajstić information content (AvgIpc) is 2.74. The molecule has 8 heteroatoms. The van der Waals surface area contributed by atoms with E-state index in [9.17, 15) is 8.42 Å². The minimum absolute atomic E-state index is 0.0692. The summed E-state index contributed by atoms with van der Waals surface area (Å²) in [5, 5.41) is 3.23. The monoisotopic (exact) mass is 433 g/mol. The van der Waals surface area contributed by atoms with E-state index >= 15 is 0 Å². The van der Waals surface area contributed by atoms with Gasteiger partial charge in [-0.15, -0.1) is 0 Å². The maximum Gasteiger partial charge on any atom is 0.193 e. The molecule has 0 radical (unpaired) electrons. The standard InChI is InChI=1S/C22H31N3O4S/c1-23-22(25(2)16-19-11-12-20(28-3)15-21(19)29-4)24-13-8-14-30(26,27)17-18-9-6-5-7-10-18/h5-7,9-12,15H,8,13-14,16-17H2,1-4H3,(H,23,24). The molecule has 0 bridgehead atoms. The highest BCUT2D eigenvalue weighted by atomic mass is 32.2. The third kappa shape index (κ3) is 7.26. The minimum atomic E-state index is -3.15. The second-order valence-electron chi connectivity index (χ2n) is 6.94. The van der Waals surface area contributed by atoms with Gasteiger partial charge < -0.3 is 19.7 Å². The van der Waals surface area contributed by atoms with E-state index in [1.165, 1.54) is 0 Å². The van der Waals surface area contributed by atoms with Gasteiger partial charge in [-0.25, -0.2) is 8.42 Å². The van der Waals surface area contributed by atoms with Crippen molar-refractivity contribution in [3.8, 4) is 11.5 Å². The van der Waals surface area contributed by atoms with Crippen molar-refractivity contribution in [1.29, 1.82) is 0 Å². The molecule has 0 aromatic heterocycles. The molecule has 2 rings (SSSR count). The molecule has 0 fully saturated rings. The van der Waals surface area contributed by atoms with Crippen LogP contribution < -0.4 is 14.8 Å². The molecule has 0 aliphatic heterocycles. The maximum absolute atomic E-state index is 12.3. The predicted molar refractivity (Wildman–Crippen MR) is 121 cm³/mol. The van der Waals surface area contributed by atoms with Crippen LogP contribution in [0.5, 0.6) is 11.5 Å². The first kappa shape index (κ1) is 23.5. The number of ether oxygens (including phenoxy) is 2. The quantitative estimate of drug-likeness (QED) is 0.353. The number of nitrogens with one attached hydrogen (secondary N) is 1. The molecule has 0 spiro atoms. The molecule has 2 aromatic carbocycles. The highest BCUT2D eigenvalue weighted by Crippen LogP contribution is 2.25. The molecule has 0 saturated carbocycles. The molecule has 1 N–H and O–H groups in total. The van der Waals surface area contributed by atoms with E-state index in [0.717, 1.165) is 22.6 Å². The highest BCUT2D eigenvalue weighted by molar-refractivity contribution is 7.90. The number of guanidine groups is 1. The molecule has 164 valence electrons. The van der Waals surface area contributed by atoms with Gasteiger partial charge in [-0.1, -0.05) is 30.3 Å². The number of methoxy groups -OCH3 is 2. The number of sulfone groups is 1. The van der Waals surface area contributed by atoms with E-state index in [2.05, 4.69) is 10.3 Å². The Morgan fingerprint density at radius 3 is 2.47 bits per heavy atom. The average molecular weight is 434 g/mol. The number of rotatable bonds is 10. The van der Waals surface area contributed by atoms with Crippen LogP contribution in [0.1, 0.15) is 17.5 Å². The number of hydrogen-bond donors (Lipinski definition) is 1. The fraction of sp³-hybridized carbons (Fsp3) is 0.409. The number of hydrogen-bond acceptors (Lipinski definition) is 5. The Balaban J connectivity index is 1.85. The third-order valence-corrected chi connectivity index (χ3v) is 6.30. The number of benzene rings is 2. The second kappa shape index (κ2) is 11.4. The fourth-order valence-corrected chi connectivity index (χ4v) is 4.52. The summed E-state index contributed by atoms with van der Waals surface area (Å²) in [4.78, 5) is 6.25. The topological polar surface area (TPSA) is 80.2 Å². The molecule has 30 heavy (non-hydrogen) atoms. The molecule has 0 saturated heterocycles. The lowest BCUT2D eigenvalue weighted by Crippen LogP contribution is -2.39. The lowest BCUT2D eigenvalue weighted by Gasteiger charge is -2.23. The van der Waals surface area contributed by atoms with Gasteiger partial charge in [0.2, 0.25) is 0 Å². The molecular formula is C22H31N3O4S. The Labute approximate surface area is 179 Å². The fourth-order valence-electron chi connectivity index (χ4n) is 3.09.